The molecule has 2 atom stereocenters. The van der Waals surface area contributed by atoms with Gasteiger partial charge in [0.15, 0.2) is 0 Å². The van der Waals surface area contributed by atoms with Gasteiger partial charge in [-0.15, -0.1) is 0 Å². The third-order valence-electron chi connectivity index (χ3n) is 7.51. The van der Waals surface area contributed by atoms with Crippen molar-refractivity contribution >= 4 is 5.69 Å². The monoisotopic (exact) mass is 530 g/mol. The number of nitrogens with one attached hydrogen (secondary N) is 1. The van der Waals surface area contributed by atoms with Gasteiger partial charge in [0.1, 0.15) is 0 Å². The van der Waals surface area contributed by atoms with Crippen molar-refractivity contribution in [3.63, 3.8) is 0 Å². The third kappa shape index (κ3) is 5.86. The predicted octanol–water partition coefficient (Wildman–Crippen LogP) is 5.32. The molecule has 0 unspecified atom stereocenters. The van der Waals surface area contributed by atoms with Gasteiger partial charge >= 0.3 is 6.18 Å². The van der Waals surface area contributed by atoms with Crippen LogP contribution in [0.5, 0.6) is 0 Å². The van der Waals surface area contributed by atoms with Crippen LogP contribution in [0.25, 0.3) is 11.1 Å². The van der Waals surface area contributed by atoms with Crippen molar-refractivity contribution in [2.24, 2.45) is 0 Å². The number of halogens is 4. The Bertz CT molecular complexity index is 1220. The van der Waals surface area contributed by atoms with Crippen LogP contribution in [0, 0.1) is 0 Å². The highest BCUT2D eigenvalue weighted by Gasteiger charge is 2.41. The molecule has 6 nitrogen and oxygen atoms in total. The molecule has 2 aromatic heterocycles. The summed E-state index contributed by atoms with van der Waals surface area (Å²) in [5, 5.41) is 7.78. The van der Waals surface area contributed by atoms with E-state index in [0.29, 0.717) is 18.5 Å². The Hall–Kier alpha value is -2.98. The van der Waals surface area contributed by atoms with Crippen LogP contribution in [-0.4, -0.2) is 75.7 Å². The van der Waals surface area contributed by atoms with Crippen molar-refractivity contribution < 1.29 is 17.6 Å². The molecule has 1 saturated heterocycles. The lowest BCUT2D eigenvalue weighted by atomic mass is 9.85. The Balaban J connectivity index is 1.39. The number of pyridine rings is 1. The molecule has 1 fully saturated rings. The lowest BCUT2D eigenvalue weighted by Gasteiger charge is -2.42. The molecule has 0 saturated carbocycles. The van der Waals surface area contributed by atoms with E-state index < -0.39 is 18.8 Å². The molecule has 0 bridgehead atoms. The fraction of sp³-hybridized carbons (Fsp3) is 0.500. The Labute approximate surface area is 220 Å². The van der Waals surface area contributed by atoms with E-state index in [-0.39, 0.29) is 18.8 Å². The Morgan fingerprint density at radius 3 is 2.55 bits per heavy atom. The zero-order valence-electron chi connectivity index (χ0n) is 21.8. The van der Waals surface area contributed by atoms with Gasteiger partial charge in [-0.2, -0.15) is 18.3 Å². The van der Waals surface area contributed by atoms with Crippen molar-refractivity contribution in [2.45, 2.75) is 57.5 Å². The van der Waals surface area contributed by atoms with Crippen molar-refractivity contribution in [2.75, 3.05) is 38.2 Å². The molecule has 2 aliphatic heterocycles. The zero-order chi connectivity index (χ0) is 26.9. The van der Waals surface area contributed by atoms with E-state index >= 15 is 0 Å². The topological polar surface area (TPSA) is 49.2 Å². The first-order chi connectivity index (χ1) is 18.2. The molecule has 3 aromatic rings. The molecule has 2 aliphatic rings. The fourth-order valence-corrected chi connectivity index (χ4v) is 5.58. The number of aryl methyl sites for hydroxylation is 1. The van der Waals surface area contributed by atoms with E-state index in [0.717, 1.165) is 54.1 Å². The van der Waals surface area contributed by atoms with Crippen molar-refractivity contribution in [1.82, 2.24) is 24.6 Å². The highest BCUT2D eigenvalue weighted by molar-refractivity contribution is 5.64. The Kier molecular flexibility index (Phi) is 7.72. The second-order valence-electron chi connectivity index (χ2n) is 10.4. The van der Waals surface area contributed by atoms with Gasteiger partial charge < -0.3 is 5.32 Å². The van der Waals surface area contributed by atoms with Crippen molar-refractivity contribution in [3.8, 4) is 11.1 Å². The van der Waals surface area contributed by atoms with Crippen molar-refractivity contribution in [3.05, 3.63) is 65.7 Å². The molecule has 0 amide bonds. The van der Waals surface area contributed by atoms with Crippen LogP contribution in [-0.2, 0) is 13.0 Å². The first-order valence-corrected chi connectivity index (χ1v) is 13.2. The van der Waals surface area contributed by atoms with Gasteiger partial charge in [0.25, 0.3) is 0 Å². The third-order valence-corrected chi connectivity index (χ3v) is 7.51. The highest BCUT2D eigenvalue weighted by atomic mass is 19.4. The molecule has 10 heteroatoms. The van der Waals surface area contributed by atoms with Crippen molar-refractivity contribution in [1.29, 1.82) is 0 Å². The summed E-state index contributed by atoms with van der Waals surface area (Å²) in [6.45, 7) is 5.77. The van der Waals surface area contributed by atoms with Gasteiger partial charge in [0, 0.05) is 44.0 Å². The number of aromatic nitrogens is 3. The number of hydrogen-bond donors (Lipinski definition) is 1. The molecular formula is C28H34F4N6. The Morgan fingerprint density at radius 1 is 1.08 bits per heavy atom. The minimum atomic E-state index is -4.32. The summed E-state index contributed by atoms with van der Waals surface area (Å²) in [4.78, 5) is 8.35. The van der Waals surface area contributed by atoms with Gasteiger partial charge in [-0.3, -0.25) is 23.9 Å². The SMILES string of the molecule is CCn1cc(-c2ccc3c(c2)C[C@@H](C)N(CC(F)(F)F)[C@@H]3c2ccc(NC3CN(CCCF)C3)cn2)cn1. The second kappa shape index (κ2) is 11.0. The summed E-state index contributed by atoms with van der Waals surface area (Å²) < 4.78 is 55.2. The maximum absolute atomic E-state index is 13.7. The summed E-state index contributed by atoms with van der Waals surface area (Å²) in [6, 6.07) is 9.07. The maximum Gasteiger partial charge on any atom is 0.401 e. The first kappa shape index (κ1) is 26.6. The lowest BCUT2D eigenvalue weighted by Crippen LogP contribution is -2.54. The summed E-state index contributed by atoms with van der Waals surface area (Å²) in [5.41, 5.74) is 5.32. The standard InChI is InChI=1S/C28H34F4N6/c1-3-37-15-22(13-34-37)20-5-7-25-21(12-20)11-19(2)38(18-28(30,31)32)27(25)26-8-6-23(14-33-26)35-24-16-36(17-24)10-4-9-29/h5-8,12-15,19,24,27,35H,3-4,9-11,16-18H2,1-2H3/t19-,27+/m1/s1. The summed E-state index contributed by atoms with van der Waals surface area (Å²) in [5.74, 6) is 0. The van der Waals surface area contributed by atoms with Crippen LogP contribution in [0.3, 0.4) is 0 Å². The molecule has 1 aromatic carbocycles. The van der Waals surface area contributed by atoms with E-state index in [4.69, 9.17) is 0 Å². The molecule has 0 radical (unpaired) electrons. The molecular weight excluding hydrogens is 496 g/mol. The summed E-state index contributed by atoms with van der Waals surface area (Å²) in [7, 11) is 0. The maximum atomic E-state index is 13.7. The van der Waals surface area contributed by atoms with E-state index in [1.54, 1.807) is 6.20 Å². The zero-order valence-corrected chi connectivity index (χ0v) is 21.8. The number of alkyl halides is 4. The van der Waals surface area contributed by atoms with E-state index in [2.05, 4.69) is 26.4 Å². The van der Waals surface area contributed by atoms with Gasteiger partial charge in [-0.25, -0.2) is 0 Å². The van der Waals surface area contributed by atoms with Gasteiger partial charge in [-0.1, -0.05) is 18.2 Å². The number of likely N-dealkylation sites (tertiary alicyclic amines) is 1. The predicted molar refractivity (Wildman–Crippen MR) is 140 cm³/mol. The van der Waals surface area contributed by atoms with E-state index in [1.165, 1.54) is 4.90 Å². The second-order valence-corrected chi connectivity index (χ2v) is 10.4. The molecule has 5 rings (SSSR count). The molecule has 38 heavy (non-hydrogen) atoms. The van der Waals surface area contributed by atoms with Crippen LogP contribution >= 0.6 is 0 Å². The van der Waals surface area contributed by atoms with Crippen LogP contribution < -0.4 is 5.32 Å². The molecule has 0 aliphatic carbocycles. The van der Waals surface area contributed by atoms with Gasteiger partial charge in [0.2, 0.25) is 0 Å². The van der Waals surface area contributed by atoms with E-state index in [1.807, 2.05) is 55.2 Å². The number of nitrogens with zero attached hydrogens (tertiary/aromatic N) is 5. The van der Waals surface area contributed by atoms with Crippen LogP contribution in [0.4, 0.5) is 23.2 Å². The Morgan fingerprint density at radius 2 is 1.89 bits per heavy atom. The van der Waals surface area contributed by atoms with Gasteiger partial charge in [0.05, 0.1) is 49.1 Å². The van der Waals surface area contributed by atoms with Crippen LogP contribution in [0.15, 0.2) is 48.9 Å². The number of fused-ring (bicyclic) bond motifs is 1. The minimum Gasteiger partial charge on any atom is -0.378 e. The number of anilines is 1. The first-order valence-electron chi connectivity index (χ1n) is 13.2. The average molecular weight is 531 g/mol. The quantitative estimate of drug-likeness (QED) is 0.380. The summed E-state index contributed by atoms with van der Waals surface area (Å²) in [6.07, 6.45) is 2.26. The number of rotatable bonds is 9. The average Bonchev–Trinajstić information content (AvgIpc) is 3.35. The normalized spacial score (nSPS) is 20.8. The van der Waals surface area contributed by atoms with Crippen LogP contribution in [0.2, 0.25) is 0 Å². The highest BCUT2D eigenvalue weighted by Crippen LogP contribution is 2.40. The lowest BCUT2D eigenvalue weighted by molar-refractivity contribution is -0.155. The molecule has 0 spiro atoms. The largest absolute Gasteiger partial charge is 0.401 e. The summed E-state index contributed by atoms with van der Waals surface area (Å²) >= 11 is 0. The van der Waals surface area contributed by atoms with E-state index in [9.17, 15) is 17.6 Å². The number of benzene rings is 1. The fourth-order valence-electron chi connectivity index (χ4n) is 5.58. The van der Waals surface area contributed by atoms with Gasteiger partial charge in [-0.05, 0) is 55.5 Å². The van der Waals surface area contributed by atoms with Crippen LogP contribution in [0.1, 0.15) is 43.1 Å². The smallest absolute Gasteiger partial charge is 0.378 e. The molecule has 204 valence electrons. The number of hydrogen-bond acceptors (Lipinski definition) is 5. The molecule has 1 N–H and O–H groups in total. The molecule has 4 heterocycles. The minimum absolute atomic E-state index is 0.259.